The summed E-state index contributed by atoms with van der Waals surface area (Å²) in [5, 5.41) is 17.2. The molecule has 0 aliphatic carbocycles. The summed E-state index contributed by atoms with van der Waals surface area (Å²) in [5.74, 6) is -1.26. The van der Waals surface area contributed by atoms with E-state index >= 15 is 0 Å². The maximum atomic E-state index is 11.4. The summed E-state index contributed by atoms with van der Waals surface area (Å²) in [4.78, 5) is 55.5. The molecule has 35 heavy (non-hydrogen) atoms. The number of ketones is 2. The van der Waals surface area contributed by atoms with Crippen molar-refractivity contribution in [3.05, 3.63) is 58.7 Å². The van der Waals surface area contributed by atoms with Gasteiger partial charge in [-0.15, -0.1) is 0 Å². The van der Waals surface area contributed by atoms with Gasteiger partial charge in [0.25, 0.3) is 6.47 Å². The second-order valence-corrected chi connectivity index (χ2v) is 5.93. The van der Waals surface area contributed by atoms with Crippen LogP contribution in [0.1, 0.15) is 56.7 Å². The van der Waals surface area contributed by atoms with Gasteiger partial charge >= 0.3 is 115 Å². The van der Waals surface area contributed by atoms with Crippen LogP contribution in [0.5, 0.6) is 11.5 Å². The number of carbonyl (C=O) groups is 5. The fourth-order valence-corrected chi connectivity index (χ4v) is 2.29. The van der Waals surface area contributed by atoms with Crippen molar-refractivity contribution in [2.24, 2.45) is 0 Å². The van der Waals surface area contributed by atoms with Crippen LogP contribution in [0.4, 0.5) is 0 Å². The number of carboxylic acid groups (broad SMARTS) is 1. The van der Waals surface area contributed by atoms with Crippen molar-refractivity contribution in [3.63, 3.8) is 0 Å². The minimum Gasteiger partial charge on any atom is -1.00 e. The van der Waals surface area contributed by atoms with Gasteiger partial charge in [0.15, 0.2) is 11.6 Å². The number of benzene rings is 2. The third-order valence-corrected chi connectivity index (χ3v) is 3.89. The van der Waals surface area contributed by atoms with Crippen molar-refractivity contribution in [3.8, 4) is 11.5 Å². The molecule has 13 heteroatoms. The summed E-state index contributed by atoms with van der Waals surface area (Å²) in [6, 6.07) is 8.96. The van der Waals surface area contributed by atoms with Crippen LogP contribution in [0.15, 0.2) is 36.4 Å². The van der Waals surface area contributed by atoms with Gasteiger partial charge in [-0.05, 0) is 50.2 Å². The Morgan fingerprint density at radius 1 is 0.829 bits per heavy atom. The molecule has 0 bridgehead atoms. The third kappa shape index (κ3) is 13.8. The molecule has 180 valence electrons. The van der Waals surface area contributed by atoms with E-state index in [4.69, 9.17) is 24.6 Å². The molecule has 2 aromatic rings. The van der Waals surface area contributed by atoms with Gasteiger partial charge in [0.1, 0.15) is 22.6 Å². The molecule has 0 saturated carbocycles. The molecule has 0 unspecified atom stereocenters. The van der Waals surface area contributed by atoms with E-state index in [2.05, 4.69) is 9.62 Å². The average molecular weight is 543 g/mol. The van der Waals surface area contributed by atoms with Crippen molar-refractivity contribution < 1.29 is 158 Å². The van der Waals surface area contributed by atoms with Crippen LogP contribution in [-0.4, -0.2) is 56.4 Å². The van der Waals surface area contributed by atoms with Gasteiger partial charge in [-0.1, -0.05) is 0 Å². The second-order valence-electron chi connectivity index (χ2n) is 5.93. The molecule has 0 amide bonds. The number of rotatable bonds is 7. The number of hydrogen-bond acceptors (Lipinski definition) is 10. The van der Waals surface area contributed by atoms with Crippen LogP contribution in [0.25, 0.3) is 0 Å². The number of carbonyl (C=O) groups excluding carboxylic acids is 4. The number of Topliss-reactive ketones (excluding diaryl/α,β-unsaturated/α-hetero) is 2. The minimum atomic E-state index is -1.11. The normalized spacial score (nSPS) is 8.51. The number of hydrogen-bond donors (Lipinski definition) is 1. The molecular formula is C22H24K2O11. The monoisotopic (exact) mass is 542 g/mol. The largest absolute Gasteiger partial charge is 1.00 e. The van der Waals surface area contributed by atoms with E-state index in [1.54, 1.807) is 12.1 Å². The Morgan fingerprint density at radius 3 is 1.49 bits per heavy atom. The molecule has 2 rings (SSSR count). The topological polar surface area (TPSA) is 166 Å². The number of carboxylic acids is 1. The van der Waals surface area contributed by atoms with Crippen molar-refractivity contribution in [1.82, 2.24) is 0 Å². The molecule has 0 heterocycles. The minimum absolute atomic E-state index is 0. The molecule has 0 atom stereocenters. The first kappa shape index (κ1) is 38.6. The number of ether oxygens (including phenoxy) is 3. The predicted octanol–water partition coefficient (Wildman–Crippen LogP) is -4.16. The molecule has 0 saturated heterocycles. The van der Waals surface area contributed by atoms with Crippen molar-refractivity contribution in [2.75, 3.05) is 21.3 Å². The van der Waals surface area contributed by atoms with Crippen molar-refractivity contribution >= 4 is 30.0 Å². The predicted molar refractivity (Wildman–Crippen MR) is 113 cm³/mol. The third-order valence-electron chi connectivity index (χ3n) is 3.89. The van der Waals surface area contributed by atoms with Gasteiger partial charge in [-0.25, -0.2) is 9.59 Å². The molecular weight excluding hydrogens is 518 g/mol. The summed E-state index contributed by atoms with van der Waals surface area (Å²) in [6.07, 6.45) is 0. The van der Waals surface area contributed by atoms with E-state index in [0.717, 1.165) is 0 Å². The molecule has 2 aromatic carbocycles. The van der Waals surface area contributed by atoms with E-state index in [9.17, 15) is 19.2 Å². The average Bonchev–Trinajstić information content (AvgIpc) is 2.82. The summed E-state index contributed by atoms with van der Waals surface area (Å²) in [5.41, 5.74) is 1.08. The fraction of sp³-hybridized carbons (Fsp3) is 0.227. The number of methoxy groups -OCH3 is 3. The second kappa shape index (κ2) is 21.1. The van der Waals surface area contributed by atoms with Gasteiger partial charge in [0, 0.05) is 11.1 Å². The molecule has 0 radical (unpaired) electrons. The number of esters is 1. The smallest absolute Gasteiger partial charge is 1.00 e. The van der Waals surface area contributed by atoms with Crippen molar-refractivity contribution in [1.29, 1.82) is 0 Å². The molecule has 0 fully saturated rings. The Hall–Kier alpha value is -0.977. The van der Waals surface area contributed by atoms with Gasteiger partial charge in [-0.2, -0.15) is 0 Å². The SMILES string of the molecule is COC(=O)c1cc(C(C)=O)ccc1OC.COc1ccc(C(C)=O)cc1C(=O)O.O=CO[O-].[H-].[K+].[K+]. The zero-order chi connectivity index (χ0) is 25.6. The maximum Gasteiger partial charge on any atom is 1.00 e. The van der Waals surface area contributed by atoms with Crippen LogP contribution < -0.4 is 118 Å². The van der Waals surface area contributed by atoms with Gasteiger partial charge in [0.05, 0.1) is 21.3 Å². The van der Waals surface area contributed by atoms with Gasteiger partial charge < -0.3 is 30.9 Å². The van der Waals surface area contributed by atoms with Crippen LogP contribution in [0, 0.1) is 0 Å². The van der Waals surface area contributed by atoms with Crippen LogP contribution in [-0.2, 0) is 14.4 Å². The Balaban J connectivity index is -0.000000231. The molecule has 1 N–H and O–H groups in total. The Kier molecular flexibility index (Phi) is 23.3. The first-order valence-corrected chi connectivity index (χ1v) is 8.99. The van der Waals surface area contributed by atoms with Crippen LogP contribution in [0.2, 0.25) is 0 Å². The Morgan fingerprint density at radius 2 is 1.20 bits per heavy atom. The van der Waals surface area contributed by atoms with Crippen LogP contribution in [0.3, 0.4) is 0 Å². The first-order valence-electron chi connectivity index (χ1n) is 8.99. The zero-order valence-electron chi connectivity index (χ0n) is 21.6. The molecule has 11 nitrogen and oxygen atoms in total. The fourth-order valence-electron chi connectivity index (χ4n) is 2.29. The van der Waals surface area contributed by atoms with Crippen molar-refractivity contribution in [2.45, 2.75) is 13.8 Å². The Bertz CT molecular complexity index is 1010. The number of aromatic carboxylic acids is 1. The summed E-state index contributed by atoms with van der Waals surface area (Å²) >= 11 is 0. The molecule has 0 spiro atoms. The molecule has 0 aliphatic heterocycles. The summed E-state index contributed by atoms with van der Waals surface area (Å²) in [7, 11) is 4.12. The van der Waals surface area contributed by atoms with Gasteiger partial charge in [0.2, 0.25) is 0 Å². The van der Waals surface area contributed by atoms with E-state index in [1.807, 2.05) is 0 Å². The summed E-state index contributed by atoms with van der Waals surface area (Å²) in [6.45, 7) is 2.64. The zero-order valence-corrected chi connectivity index (χ0v) is 26.8. The van der Waals surface area contributed by atoms with Crippen LogP contribution >= 0.6 is 0 Å². The van der Waals surface area contributed by atoms with E-state index in [1.165, 1.54) is 59.4 Å². The van der Waals surface area contributed by atoms with Gasteiger partial charge in [-0.3, -0.25) is 14.4 Å². The maximum absolute atomic E-state index is 11.4. The van der Waals surface area contributed by atoms with E-state index < -0.39 is 11.9 Å². The molecule has 0 aromatic heterocycles. The summed E-state index contributed by atoms with van der Waals surface area (Å²) < 4.78 is 14.4. The first-order chi connectivity index (χ1) is 15.6. The quantitative estimate of drug-likeness (QED) is 0.0901. The standard InChI is InChI=1S/C11H12O4.C10H10O4.CH2O3.2K.H/c1-7(12)8-4-5-10(14-2)9(6-8)11(13)15-3;1-6(11)7-3-4-9(14-2)8(5-7)10(12)13;2-1-4-3;;;/h4-6H,1-3H3;3-5H,1-2H3,(H,12,13);1,3H;;;/q;;;2*+1;-1/p-1. The molecule has 0 aliphatic rings. The van der Waals surface area contributed by atoms with E-state index in [0.29, 0.717) is 16.9 Å². The Labute approximate surface area is 288 Å². The van der Waals surface area contributed by atoms with E-state index in [-0.39, 0.29) is 139 Å².